The highest BCUT2D eigenvalue weighted by Gasteiger charge is 2.31. The van der Waals surface area contributed by atoms with Crippen LogP contribution in [-0.2, 0) is 21.4 Å². The number of nitrogens with one attached hydrogen (secondary N) is 2. The van der Waals surface area contributed by atoms with Crippen molar-refractivity contribution in [1.29, 1.82) is 0 Å². The Balaban J connectivity index is 1.27. The molecule has 168 valence electrons. The highest BCUT2D eigenvalue weighted by atomic mass is 32.2. The zero-order valence-corrected chi connectivity index (χ0v) is 19.0. The molecular formula is C25H29N3O3S. The minimum atomic E-state index is -3.65. The molecule has 1 aliphatic carbocycles. The maximum Gasteiger partial charge on any atom is 0.256 e. The molecular weight excluding hydrogens is 422 g/mol. The summed E-state index contributed by atoms with van der Waals surface area (Å²) in [4.78, 5) is 15.1. The van der Waals surface area contributed by atoms with Crippen LogP contribution in [0.15, 0.2) is 59.0 Å². The number of hydrogen-bond acceptors (Lipinski definition) is 4. The van der Waals surface area contributed by atoms with Crippen LogP contribution in [0.1, 0.15) is 49.7 Å². The number of amides is 1. The summed E-state index contributed by atoms with van der Waals surface area (Å²) in [7, 11) is -3.65. The molecule has 0 spiro atoms. The van der Waals surface area contributed by atoms with E-state index >= 15 is 0 Å². The first-order valence-corrected chi connectivity index (χ1v) is 12.9. The van der Waals surface area contributed by atoms with Crippen LogP contribution in [-0.4, -0.2) is 38.4 Å². The Bertz CT molecular complexity index is 1140. The van der Waals surface area contributed by atoms with Gasteiger partial charge in [-0.2, -0.15) is 0 Å². The number of sulfonamides is 1. The van der Waals surface area contributed by atoms with Crippen LogP contribution in [0.3, 0.4) is 0 Å². The van der Waals surface area contributed by atoms with E-state index in [1.54, 1.807) is 18.2 Å². The third kappa shape index (κ3) is 4.37. The molecule has 32 heavy (non-hydrogen) atoms. The maximum atomic E-state index is 13.1. The van der Waals surface area contributed by atoms with Gasteiger partial charge < -0.3 is 5.32 Å². The van der Waals surface area contributed by atoms with E-state index in [9.17, 15) is 13.2 Å². The maximum absolute atomic E-state index is 13.1. The molecule has 1 saturated heterocycles. The fraction of sp³-hybridized carbons (Fsp3) is 0.400. The quantitative estimate of drug-likeness (QED) is 0.676. The second-order valence-corrected chi connectivity index (χ2v) is 10.7. The van der Waals surface area contributed by atoms with Crippen LogP contribution in [0.5, 0.6) is 0 Å². The van der Waals surface area contributed by atoms with Gasteiger partial charge in [0, 0.05) is 42.5 Å². The smallest absolute Gasteiger partial charge is 0.256 e. The molecule has 2 aromatic carbocycles. The molecule has 0 bridgehead atoms. The fourth-order valence-electron chi connectivity index (χ4n) is 5.05. The second-order valence-electron chi connectivity index (χ2n) is 9.00. The van der Waals surface area contributed by atoms with E-state index in [-0.39, 0.29) is 16.8 Å². The zero-order valence-electron chi connectivity index (χ0n) is 18.1. The van der Waals surface area contributed by atoms with Gasteiger partial charge in [-0.25, -0.2) is 13.1 Å². The number of hydrogen-bond donors (Lipinski definition) is 2. The van der Waals surface area contributed by atoms with Crippen molar-refractivity contribution < 1.29 is 13.2 Å². The lowest BCUT2D eigenvalue weighted by molar-refractivity contribution is -0.110. The number of likely N-dealkylation sites (tertiary alicyclic amines) is 1. The molecule has 1 amide bonds. The van der Waals surface area contributed by atoms with E-state index in [1.807, 2.05) is 18.2 Å². The number of fused-ring (bicyclic) bond motifs is 1. The molecule has 0 radical (unpaired) electrons. The van der Waals surface area contributed by atoms with Gasteiger partial charge in [0.2, 0.25) is 10.0 Å². The molecule has 2 N–H and O–H groups in total. The number of anilines is 1. The Hall–Kier alpha value is -2.48. The normalized spacial score (nSPS) is 19.9. The highest BCUT2D eigenvalue weighted by Crippen LogP contribution is 2.40. The lowest BCUT2D eigenvalue weighted by atomic mass is 10.00. The predicted octanol–water partition coefficient (Wildman–Crippen LogP) is 3.91. The molecule has 6 nitrogen and oxygen atoms in total. The van der Waals surface area contributed by atoms with Gasteiger partial charge in [-0.3, -0.25) is 9.69 Å². The third-order valence-electron chi connectivity index (χ3n) is 6.76. The monoisotopic (exact) mass is 451 g/mol. The van der Waals surface area contributed by atoms with Gasteiger partial charge in [0.15, 0.2) is 0 Å². The van der Waals surface area contributed by atoms with E-state index < -0.39 is 10.0 Å². The predicted molar refractivity (Wildman–Crippen MR) is 126 cm³/mol. The molecule has 3 aliphatic rings. The van der Waals surface area contributed by atoms with Gasteiger partial charge in [-0.15, -0.1) is 0 Å². The molecule has 7 heteroatoms. The zero-order chi connectivity index (χ0) is 22.1. The topological polar surface area (TPSA) is 78.5 Å². The summed E-state index contributed by atoms with van der Waals surface area (Å²) in [5, 5.41) is 2.89. The van der Waals surface area contributed by atoms with Crippen molar-refractivity contribution in [2.75, 3.05) is 18.4 Å². The van der Waals surface area contributed by atoms with Crippen LogP contribution in [0.25, 0.3) is 5.57 Å². The third-order valence-corrected chi connectivity index (χ3v) is 8.28. The Kier molecular flexibility index (Phi) is 5.88. The number of carbonyl (C=O) groups excluding carboxylic acids is 1. The molecule has 2 aliphatic heterocycles. The summed E-state index contributed by atoms with van der Waals surface area (Å²) in [6.45, 7) is 2.62. The summed E-state index contributed by atoms with van der Waals surface area (Å²) in [6, 6.07) is 15.3. The molecule has 1 saturated carbocycles. The minimum absolute atomic E-state index is 0.0762. The first-order valence-electron chi connectivity index (χ1n) is 11.5. The van der Waals surface area contributed by atoms with Crippen molar-refractivity contribution in [2.45, 2.75) is 56.0 Å². The standard InChI is InChI=1S/C25H29N3O3S/c29-25-24(19-8-4-5-9-19)22-16-21(10-11-23(22)26-25)32(30,31)27-20-12-14-28(15-13-20)17-18-6-2-1-3-7-18/h1-3,6-7,10-11,16,20,27H,4-5,8-9,12-15,17H2,(H,26,29). The van der Waals surface area contributed by atoms with E-state index in [2.05, 4.69) is 27.1 Å². The molecule has 2 fully saturated rings. The lowest BCUT2D eigenvalue weighted by Gasteiger charge is -2.32. The number of piperidine rings is 1. The van der Waals surface area contributed by atoms with Crippen molar-refractivity contribution in [1.82, 2.24) is 9.62 Å². The average molecular weight is 452 g/mol. The van der Waals surface area contributed by atoms with Crippen molar-refractivity contribution in [3.8, 4) is 0 Å². The number of benzene rings is 2. The van der Waals surface area contributed by atoms with Gasteiger partial charge in [0.25, 0.3) is 5.91 Å². The van der Waals surface area contributed by atoms with E-state index in [0.29, 0.717) is 11.3 Å². The number of carbonyl (C=O) groups is 1. The second kappa shape index (κ2) is 8.81. The van der Waals surface area contributed by atoms with Crippen molar-refractivity contribution in [2.24, 2.45) is 0 Å². The van der Waals surface area contributed by atoms with Crippen molar-refractivity contribution in [3.05, 3.63) is 65.2 Å². The van der Waals surface area contributed by atoms with Crippen LogP contribution < -0.4 is 10.0 Å². The van der Waals surface area contributed by atoms with Crippen LogP contribution in [0.2, 0.25) is 0 Å². The Morgan fingerprint density at radius 1 is 1.00 bits per heavy atom. The summed E-state index contributed by atoms with van der Waals surface area (Å²) in [6.07, 6.45) is 5.57. The van der Waals surface area contributed by atoms with Gasteiger partial charge in [0.05, 0.1) is 4.90 Å². The van der Waals surface area contributed by atoms with Crippen LogP contribution in [0, 0.1) is 0 Å². The van der Waals surface area contributed by atoms with E-state index in [1.165, 1.54) is 5.56 Å². The molecule has 2 aromatic rings. The van der Waals surface area contributed by atoms with Crippen molar-refractivity contribution >= 4 is 27.2 Å². The molecule has 2 heterocycles. The van der Waals surface area contributed by atoms with Crippen LogP contribution in [0.4, 0.5) is 5.69 Å². The number of rotatable bonds is 5. The first kappa shape index (κ1) is 21.4. The van der Waals surface area contributed by atoms with Crippen LogP contribution >= 0.6 is 0 Å². The first-order chi connectivity index (χ1) is 15.5. The number of nitrogens with zero attached hydrogens (tertiary/aromatic N) is 1. The van der Waals surface area contributed by atoms with Gasteiger partial charge >= 0.3 is 0 Å². The number of allylic oxidation sites excluding steroid dienone is 1. The molecule has 0 atom stereocenters. The molecule has 5 rings (SSSR count). The summed E-state index contributed by atoms with van der Waals surface area (Å²) < 4.78 is 29.2. The fourth-order valence-corrected chi connectivity index (χ4v) is 6.39. The van der Waals surface area contributed by atoms with Gasteiger partial charge in [0.1, 0.15) is 0 Å². The van der Waals surface area contributed by atoms with E-state index in [0.717, 1.165) is 69.3 Å². The minimum Gasteiger partial charge on any atom is -0.321 e. The molecule has 0 aromatic heterocycles. The SMILES string of the molecule is O=C1Nc2ccc(S(=O)(=O)NC3CCN(Cc4ccccc4)CC3)cc2C1=C1CCCC1. The Morgan fingerprint density at radius 2 is 1.72 bits per heavy atom. The molecule has 0 unspecified atom stereocenters. The largest absolute Gasteiger partial charge is 0.321 e. The van der Waals surface area contributed by atoms with Crippen molar-refractivity contribution in [3.63, 3.8) is 0 Å². The van der Waals surface area contributed by atoms with E-state index in [4.69, 9.17) is 0 Å². The summed E-state index contributed by atoms with van der Waals surface area (Å²) in [5.74, 6) is -0.106. The van der Waals surface area contributed by atoms with Gasteiger partial charge in [-0.05, 0) is 62.3 Å². The van der Waals surface area contributed by atoms with Gasteiger partial charge in [-0.1, -0.05) is 35.9 Å². The summed E-state index contributed by atoms with van der Waals surface area (Å²) in [5.41, 5.74) is 4.54. The Labute approximate surface area is 189 Å². The summed E-state index contributed by atoms with van der Waals surface area (Å²) >= 11 is 0. The average Bonchev–Trinajstić information content (AvgIpc) is 3.42. The Morgan fingerprint density at radius 3 is 2.44 bits per heavy atom. The highest BCUT2D eigenvalue weighted by molar-refractivity contribution is 7.89. The lowest BCUT2D eigenvalue weighted by Crippen LogP contribution is -2.44.